The molecule has 0 fully saturated rings. The summed E-state index contributed by atoms with van der Waals surface area (Å²) in [6.45, 7) is 5.00. The molecule has 0 aromatic heterocycles. The van der Waals surface area contributed by atoms with Crippen LogP contribution in [0.15, 0.2) is 24.3 Å². The Balaban J connectivity index is 1.96. The minimum atomic E-state index is 0.734. The fourth-order valence-electron chi connectivity index (χ4n) is 2.18. The van der Waals surface area contributed by atoms with Crippen LogP contribution in [0.2, 0.25) is 0 Å². The molecule has 1 aliphatic heterocycles. The second kappa shape index (κ2) is 4.50. The highest BCUT2D eigenvalue weighted by Crippen LogP contribution is 2.34. The predicted octanol–water partition coefficient (Wildman–Crippen LogP) is 3.59. The molecule has 0 aliphatic carbocycles. The van der Waals surface area contributed by atoms with Crippen LogP contribution >= 0.6 is 0 Å². The van der Waals surface area contributed by atoms with Crippen molar-refractivity contribution in [2.24, 2.45) is 0 Å². The molecule has 1 aromatic carbocycles. The van der Waals surface area contributed by atoms with Gasteiger partial charge < -0.3 is 5.32 Å². The first kappa shape index (κ1) is 9.57. The minimum absolute atomic E-state index is 0.734. The second-order valence-electron chi connectivity index (χ2n) is 4.01. The van der Waals surface area contributed by atoms with Gasteiger partial charge in [-0.3, -0.25) is 0 Å². The van der Waals surface area contributed by atoms with Crippen molar-refractivity contribution in [1.82, 2.24) is 0 Å². The average Bonchev–Trinajstić information content (AvgIpc) is 2.63. The molecule has 1 radical (unpaired) electrons. The van der Waals surface area contributed by atoms with E-state index in [9.17, 15) is 0 Å². The van der Waals surface area contributed by atoms with Gasteiger partial charge in [0.05, 0.1) is 0 Å². The Bertz CT molecular complexity index is 293. The molecule has 1 unspecified atom stereocenters. The van der Waals surface area contributed by atoms with Crippen LogP contribution in [0.25, 0.3) is 0 Å². The van der Waals surface area contributed by atoms with E-state index in [1.807, 2.05) is 0 Å². The first-order chi connectivity index (χ1) is 6.92. The van der Waals surface area contributed by atoms with Crippen molar-refractivity contribution >= 4 is 5.69 Å². The van der Waals surface area contributed by atoms with Crippen LogP contribution in [0.4, 0.5) is 5.69 Å². The number of fused-ring (bicyclic) bond motifs is 1. The lowest BCUT2D eigenvalue weighted by Crippen LogP contribution is -2.01. The van der Waals surface area contributed by atoms with E-state index >= 15 is 0 Å². The summed E-state index contributed by atoms with van der Waals surface area (Å²) in [6.07, 6.45) is 4.95. The Morgan fingerprint density at radius 2 is 2.14 bits per heavy atom. The summed E-state index contributed by atoms with van der Waals surface area (Å²) < 4.78 is 0. The van der Waals surface area contributed by atoms with E-state index < -0.39 is 0 Å². The van der Waals surface area contributed by atoms with Gasteiger partial charge in [-0.15, -0.1) is 0 Å². The maximum absolute atomic E-state index is 3.88. The first-order valence-corrected chi connectivity index (χ1v) is 5.54. The number of nitrogens with one attached hydrogen (secondary N) is 1. The largest absolute Gasteiger partial charge is 0.384 e. The van der Waals surface area contributed by atoms with Gasteiger partial charge in [-0.25, -0.2) is 0 Å². The zero-order chi connectivity index (χ0) is 9.80. The molecular formula is C13H18N. The van der Waals surface area contributed by atoms with Gasteiger partial charge in [0, 0.05) is 18.2 Å². The van der Waals surface area contributed by atoms with E-state index in [0.717, 1.165) is 18.9 Å². The molecule has 14 heavy (non-hydrogen) atoms. The second-order valence-corrected chi connectivity index (χ2v) is 4.01. The zero-order valence-electron chi connectivity index (χ0n) is 8.63. The van der Waals surface area contributed by atoms with Gasteiger partial charge in [0.2, 0.25) is 0 Å². The number of benzene rings is 1. The quantitative estimate of drug-likeness (QED) is 0.712. The summed E-state index contributed by atoms with van der Waals surface area (Å²) in [5.41, 5.74) is 2.85. The van der Waals surface area contributed by atoms with Crippen molar-refractivity contribution in [2.75, 3.05) is 11.9 Å². The van der Waals surface area contributed by atoms with Crippen molar-refractivity contribution in [2.45, 2.75) is 31.6 Å². The van der Waals surface area contributed by atoms with Gasteiger partial charge in [0.1, 0.15) is 0 Å². The van der Waals surface area contributed by atoms with E-state index in [2.05, 4.69) is 36.5 Å². The van der Waals surface area contributed by atoms with Crippen LogP contribution < -0.4 is 5.32 Å². The first-order valence-electron chi connectivity index (χ1n) is 5.54. The van der Waals surface area contributed by atoms with Crippen molar-refractivity contribution in [3.8, 4) is 0 Å². The van der Waals surface area contributed by atoms with E-state index in [1.54, 1.807) is 0 Å². The Morgan fingerprint density at radius 1 is 1.29 bits per heavy atom. The number of unbranched alkanes of at least 4 members (excludes halogenated alkanes) is 2. The number of rotatable bonds is 4. The smallest absolute Gasteiger partial charge is 0.0376 e. The van der Waals surface area contributed by atoms with Crippen LogP contribution in [-0.2, 0) is 0 Å². The molecule has 1 nitrogen and oxygen atoms in total. The molecule has 0 bridgehead atoms. The number of para-hydroxylation sites is 1. The maximum Gasteiger partial charge on any atom is 0.0376 e. The van der Waals surface area contributed by atoms with Gasteiger partial charge in [-0.05, 0) is 18.1 Å². The normalized spacial score (nSPS) is 19.1. The molecule has 0 saturated heterocycles. The van der Waals surface area contributed by atoms with Crippen LogP contribution in [0, 0.1) is 6.92 Å². The molecular weight excluding hydrogens is 170 g/mol. The molecule has 1 heteroatoms. The SMILES string of the molecule is [CH2]CCCCC1CNc2ccccc21. The van der Waals surface area contributed by atoms with E-state index in [-0.39, 0.29) is 0 Å². The van der Waals surface area contributed by atoms with E-state index in [0.29, 0.717) is 0 Å². The maximum atomic E-state index is 3.88. The van der Waals surface area contributed by atoms with Gasteiger partial charge in [0.15, 0.2) is 0 Å². The summed E-state index contributed by atoms with van der Waals surface area (Å²) >= 11 is 0. The van der Waals surface area contributed by atoms with Crippen LogP contribution in [0.5, 0.6) is 0 Å². The Kier molecular flexibility index (Phi) is 3.07. The zero-order valence-corrected chi connectivity index (χ0v) is 8.63. The molecule has 1 heterocycles. The van der Waals surface area contributed by atoms with Crippen molar-refractivity contribution < 1.29 is 0 Å². The number of hydrogen-bond acceptors (Lipinski definition) is 1. The summed E-state index contributed by atoms with van der Waals surface area (Å²) in [6, 6.07) is 8.67. The van der Waals surface area contributed by atoms with Gasteiger partial charge in [-0.1, -0.05) is 44.4 Å². The van der Waals surface area contributed by atoms with Crippen molar-refractivity contribution in [1.29, 1.82) is 0 Å². The Morgan fingerprint density at radius 3 is 3.00 bits per heavy atom. The third-order valence-electron chi connectivity index (χ3n) is 2.99. The summed E-state index contributed by atoms with van der Waals surface area (Å²) in [4.78, 5) is 0. The lowest BCUT2D eigenvalue weighted by molar-refractivity contribution is 0.606. The highest BCUT2D eigenvalue weighted by atomic mass is 14.9. The molecule has 1 aliphatic rings. The summed E-state index contributed by atoms with van der Waals surface area (Å²) in [5, 5.41) is 3.46. The number of hydrogen-bond donors (Lipinski definition) is 1. The molecule has 1 aromatic rings. The Hall–Kier alpha value is -0.980. The van der Waals surface area contributed by atoms with Crippen LogP contribution in [-0.4, -0.2) is 6.54 Å². The molecule has 2 rings (SSSR count). The third kappa shape index (κ3) is 1.92. The lowest BCUT2D eigenvalue weighted by Gasteiger charge is -2.08. The molecule has 0 saturated carbocycles. The van der Waals surface area contributed by atoms with Gasteiger partial charge in [0.25, 0.3) is 0 Å². The van der Waals surface area contributed by atoms with Gasteiger partial charge >= 0.3 is 0 Å². The molecule has 0 amide bonds. The average molecular weight is 188 g/mol. The predicted molar refractivity (Wildman–Crippen MR) is 61.5 cm³/mol. The van der Waals surface area contributed by atoms with Crippen LogP contribution in [0.1, 0.15) is 37.2 Å². The fourth-order valence-corrected chi connectivity index (χ4v) is 2.18. The van der Waals surface area contributed by atoms with E-state index in [1.165, 1.54) is 30.5 Å². The standard InChI is InChI=1S/C13H18N/c1-2-3-4-7-11-10-14-13-9-6-5-8-12(11)13/h5-6,8-9,11,14H,1-4,7,10H2. The highest BCUT2D eigenvalue weighted by Gasteiger charge is 2.20. The monoisotopic (exact) mass is 188 g/mol. The molecule has 0 spiro atoms. The molecule has 1 atom stereocenters. The van der Waals surface area contributed by atoms with E-state index in [4.69, 9.17) is 0 Å². The molecule has 75 valence electrons. The topological polar surface area (TPSA) is 12.0 Å². The third-order valence-corrected chi connectivity index (χ3v) is 2.99. The molecule has 1 N–H and O–H groups in total. The fraction of sp³-hybridized carbons (Fsp3) is 0.462. The van der Waals surface area contributed by atoms with Crippen LogP contribution in [0.3, 0.4) is 0 Å². The lowest BCUT2D eigenvalue weighted by atomic mass is 9.95. The summed E-state index contributed by atoms with van der Waals surface area (Å²) in [7, 11) is 0. The van der Waals surface area contributed by atoms with Crippen molar-refractivity contribution in [3.63, 3.8) is 0 Å². The van der Waals surface area contributed by atoms with Crippen molar-refractivity contribution in [3.05, 3.63) is 36.8 Å². The number of anilines is 1. The highest BCUT2D eigenvalue weighted by molar-refractivity contribution is 5.57. The van der Waals surface area contributed by atoms with Gasteiger partial charge in [-0.2, -0.15) is 0 Å². The summed E-state index contributed by atoms with van der Waals surface area (Å²) in [5.74, 6) is 0.734. The Labute approximate surface area is 86.5 Å². The minimum Gasteiger partial charge on any atom is -0.384 e.